The number of rotatable bonds is 5. The Bertz CT molecular complexity index is 97.8. The maximum absolute atomic E-state index is 8.44. The molecule has 10 heavy (non-hydrogen) atoms. The summed E-state index contributed by atoms with van der Waals surface area (Å²) in [6.45, 7) is 2.81. The van der Waals surface area contributed by atoms with Crippen LogP contribution in [-0.2, 0) is 0 Å². The lowest BCUT2D eigenvalue weighted by molar-refractivity contribution is 0.535. The van der Waals surface area contributed by atoms with Gasteiger partial charge >= 0.3 is 0 Å². The third-order valence-electron chi connectivity index (χ3n) is 1.29. The number of amidine groups is 1. The Kier molecular flexibility index (Phi) is 5.92. The summed E-state index contributed by atoms with van der Waals surface area (Å²) >= 11 is 0. The van der Waals surface area contributed by atoms with Crippen molar-refractivity contribution in [2.24, 2.45) is 10.7 Å². The van der Waals surface area contributed by atoms with Crippen molar-refractivity contribution < 1.29 is 5.11 Å². The first-order chi connectivity index (χ1) is 4.77. The first kappa shape index (κ1) is 9.27. The lowest BCUT2D eigenvalue weighted by Gasteiger charge is -1.93. The molecule has 0 saturated carbocycles. The van der Waals surface area contributed by atoms with Crippen LogP contribution in [0.15, 0.2) is 4.99 Å². The van der Waals surface area contributed by atoms with Gasteiger partial charge in [-0.1, -0.05) is 26.2 Å². The molecular formula is C7H16N2O. The molecule has 0 radical (unpaired) electrons. The summed E-state index contributed by atoms with van der Waals surface area (Å²) in [6, 6.07) is -0.295. The highest BCUT2D eigenvalue weighted by Crippen LogP contribution is 1.97. The van der Waals surface area contributed by atoms with Crippen LogP contribution in [0, 0.1) is 0 Å². The monoisotopic (exact) mass is 144 g/mol. The molecule has 0 saturated heterocycles. The number of hydrogen-bond donors (Lipinski definition) is 2. The second-order valence-corrected chi connectivity index (χ2v) is 2.30. The van der Waals surface area contributed by atoms with Crippen molar-refractivity contribution >= 4 is 6.02 Å². The summed E-state index contributed by atoms with van der Waals surface area (Å²) < 4.78 is 0. The lowest BCUT2D eigenvalue weighted by atomic mass is 10.2. The zero-order chi connectivity index (χ0) is 7.82. The van der Waals surface area contributed by atoms with E-state index in [2.05, 4.69) is 11.9 Å². The van der Waals surface area contributed by atoms with Crippen LogP contribution in [0.2, 0.25) is 0 Å². The van der Waals surface area contributed by atoms with E-state index < -0.39 is 0 Å². The molecule has 0 heterocycles. The highest BCUT2D eigenvalue weighted by molar-refractivity contribution is 5.68. The normalized spacial score (nSPS) is 11.9. The zero-order valence-corrected chi connectivity index (χ0v) is 6.51. The zero-order valence-electron chi connectivity index (χ0n) is 6.51. The third kappa shape index (κ3) is 7.27. The summed E-state index contributed by atoms with van der Waals surface area (Å²) in [5, 5.41) is 8.44. The molecule has 0 aromatic carbocycles. The summed E-state index contributed by atoms with van der Waals surface area (Å²) in [6.07, 6.45) is 4.65. The van der Waals surface area contributed by atoms with Crippen LogP contribution in [0.1, 0.15) is 32.6 Å². The first-order valence-corrected chi connectivity index (χ1v) is 3.76. The number of aliphatic hydroxyl groups excluding tert-OH is 1. The summed E-state index contributed by atoms with van der Waals surface area (Å²) in [4.78, 5) is 3.65. The predicted molar refractivity (Wildman–Crippen MR) is 43.3 cm³/mol. The molecule has 0 bridgehead atoms. The summed E-state index contributed by atoms with van der Waals surface area (Å²) in [7, 11) is 0. The Morgan fingerprint density at radius 3 is 2.60 bits per heavy atom. The molecule has 0 amide bonds. The quantitative estimate of drug-likeness (QED) is 0.348. The Hall–Kier alpha value is -0.730. The average Bonchev–Trinajstić information content (AvgIpc) is 1.87. The molecule has 0 spiro atoms. The van der Waals surface area contributed by atoms with Crippen LogP contribution in [0.3, 0.4) is 0 Å². The molecule has 60 valence electrons. The van der Waals surface area contributed by atoms with Crippen LogP contribution >= 0.6 is 0 Å². The van der Waals surface area contributed by atoms with Crippen LogP contribution in [0.4, 0.5) is 0 Å². The second kappa shape index (κ2) is 6.39. The van der Waals surface area contributed by atoms with Gasteiger partial charge in [0.25, 0.3) is 6.02 Å². The third-order valence-corrected chi connectivity index (χ3v) is 1.29. The number of nitrogens with zero attached hydrogens (tertiary/aromatic N) is 1. The Morgan fingerprint density at radius 2 is 2.10 bits per heavy atom. The van der Waals surface area contributed by atoms with E-state index in [4.69, 9.17) is 10.8 Å². The SMILES string of the molecule is CCCCCCN=C(N)O. The summed E-state index contributed by atoms with van der Waals surface area (Å²) in [5.74, 6) is 0. The van der Waals surface area contributed by atoms with E-state index in [-0.39, 0.29) is 6.02 Å². The maximum atomic E-state index is 8.44. The standard InChI is InChI=1S/C7H16N2O/c1-2-3-4-5-6-9-7(8)10/h2-6H2,1H3,(H3,8,9,10). The van der Waals surface area contributed by atoms with Crippen molar-refractivity contribution in [3.05, 3.63) is 0 Å². The number of unbranched alkanes of at least 4 members (excludes halogenated alkanes) is 3. The smallest absolute Gasteiger partial charge is 0.279 e. The number of nitrogens with two attached hydrogens (primary N) is 1. The Labute approximate surface area is 62.0 Å². The Balaban J connectivity index is 2.98. The van der Waals surface area contributed by atoms with Gasteiger partial charge in [-0.3, -0.25) is 0 Å². The predicted octanol–water partition coefficient (Wildman–Crippen LogP) is 1.44. The number of aliphatic imine (C=N–C) groups is 1. The molecule has 0 aliphatic rings. The fourth-order valence-electron chi connectivity index (χ4n) is 0.732. The van der Waals surface area contributed by atoms with E-state index >= 15 is 0 Å². The molecular weight excluding hydrogens is 128 g/mol. The van der Waals surface area contributed by atoms with Crippen molar-refractivity contribution in [2.45, 2.75) is 32.6 Å². The largest absolute Gasteiger partial charge is 0.481 e. The van der Waals surface area contributed by atoms with Crippen molar-refractivity contribution in [1.29, 1.82) is 0 Å². The highest BCUT2D eigenvalue weighted by Gasteiger charge is 1.86. The molecule has 0 rings (SSSR count). The fraction of sp³-hybridized carbons (Fsp3) is 0.857. The molecule has 0 atom stereocenters. The molecule has 0 aromatic heterocycles. The molecule has 0 aliphatic heterocycles. The van der Waals surface area contributed by atoms with E-state index in [0.717, 1.165) is 6.42 Å². The van der Waals surface area contributed by atoms with Gasteiger partial charge in [-0.05, 0) is 6.42 Å². The molecule has 3 nitrogen and oxygen atoms in total. The minimum atomic E-state index is -0.295. The van der Waals surface area contributed by atoms with E-state index in [9.17, 15) is 0 Å². The van der Waals surface area contributed by atoms with Crippen LogP contribution in [0.5, 0.6) is 0 Å². The van der Waals surface area contributed by atoms with Crippen LogP contribution in [0.25, 0.3) is 0 Å². The van der Waals surface area contributed by atoms with E-state index in [1.54, 1.807) is 0 Å². The van der Waals surface area contributed by atoms with Crippen molar-refractivity contribution in [3.63, 3.8) is 0 Å². The molecule has 0 unspecified atom stereocenters. The second-order valence-electron chi connectivity index (χ2n) is 2.30. The van der Waals surface area contributed by atoms with Crippen molar-refractivity contribution in [3.8, 4) is 0 Å². The van der Waals surface area contributed by atoms with Crippen molar-refractivity contribution in [2.75, 3.05) is 6.54 Å². The van der Waals surface area contributed by atoms with Crippen LogP contribution in [-0.4, -0.2) is 17.7 Å². The van der Waals surface area contributed by atoms with E-state index in [1.165, 1.54) is 19.3 Å². The molecule has 0 fully saturated rings. The summed E-state index contributed by atoms with van der Waals surface area (Å²) in [5.41, 5.74) is 4.91. The van der Waals surface area contributed by atoms with E-state index in [1.807, 2.05) is 0 Å². The van der Waals surface area contributed by atoms with Gasteiger partial charge in [0.1, 0.15) is 0 Å². The first-order valence-electron chi connectivity index (χ1n) is 3.76. The van der Waals surface area contributed by atoms with Gasteiger partial charge in [0.2, 0.25) is 0 Å². The molecule has 3 N–H and O–H groups in total. The van der Waals surface area contributed by atoms with E-state index in [0.29, 0.717) is 6.54 Å². The van der Waals surface area contributed by atoms with Gasteiger partial charge in [-0.15, -0.1) is 0 Å². The molecule has 3 heteroatoms. The van der Waals surface area contributed by atoms with Crippen molar-refractivity contribution in [1.82, 2.24) is 0 Å². The van der Waals surface area contributed by atoms with Crippen LogP contribution < -0.4 is 5.73 Å². The Morgan fingerprint density at radius 1 is 1.40 bits per heavy atom. The minimum Gasteiger partial charge on any atom is -0.481 e. The van der Waals surface area contributed by atoms with Gasteiger partial charge in [-0.2, -0.15) is 0 Å². The van der Waals surface area contributed by atoms with Gasteiger partial charge in [0.05, 0.1) is 0 Å². The van der Waals surface area contributed by atoms with Gasteiger partial charge in [-0.25, -0.2) is 4.99 Å². The highest BCUT2D eigenvalue weighted by atomic mass is 16.3. The van der Waals surface area contributed by atoms with Gasteiger partial charge in [0, 0.05) is 6.54 Å². The molecule has 0 aromatic rings. The average molecular weight is 144 g/mol. The maximum Gasteiger partial charge on any atom is 0.279 e. The lowest BCUT2D eigenvalue weighted by Crippen LogP contribution is -2.09. The number of aliphatic hydroxyl groups is 1. The molecule has 0 aliphatic carbocycles. The van der Waals surface area contributed by atoms with Gasteiger partial charge < -0.3 is 10.8 Å². The number of hydrogen-bond acceptors (Lipinski definition) is 1. The minimum absolute atomic E-state index is 0.295. The topological polar surface area (TPSA) is 58.6 Å². The fourth-order valence-corrected chi connectivity index (χ4v) is 0.732. The van der Waals surface area contributed by atoms with Gasteiger partial charge in [0.15, 0.2) is 0 Å².